The van der Waals surface area contributed by atoms with Gasteiger partial charge in [0.05, 0.1) is 6.61 Å². The number of aliphatic hydroxyl groups excluding tert-OH is 4. The molecule has 0 radical (unpaired) electrons. The molecular weight excluding hydrogens is 140 g/mol. The Bertz CT molecular complexity index is 103. The molecule has 0 aromatic carbocycles. The fourth-order valence-electron chi connectivity index (χ4n) is 0.791. The van der Waals surface area contributed by atoms with Gasteiger partial charge in [0.1, 0.15) is 18.3 Å². The summed E-state index contributed by atoms with van der Waals surface area (Å²) >= 11 is 0. The summed E-state index contributed by atoms with van der Waals surface area (Å²) in [4.78, 5) is 0. The van der Waals surface area contributed by atoms with Crippen LogP contribution in [0.5, 0.6) is 0 Å². The Kier molecular flexibility index (Phi) is 2.22. The second-order valence-corrected chi connectivity index (χ2v) is 2.27. The molecule has 0 aromatic rings. The van der Waals surface area contributed by atoms with Crippen LogP contribution in [0.25, 0.3) is 0 Å². The van der Waals surface area contributed by atoms with Crippen LogP contribution in [0.4, 0.5) is 0 Å². The number of hydrogen-bond acceptors (Lipinski definition) is 5. The summed E-state index contributed by atoms with van der Waals surface area (Å²) in [5.74, 6) is 0. The number of hydrogen-bond donors (Lipinski definition) is 4. The molecule has 5 nitrogen and oxygen atoms in total. The van der Waals surface area contributed by atoms with Crippen molar-refractivity contribution in [1.29, 1.82) is 0 Å². The van der Waals surface area contributed by atoms with Gasteiger partial charge in [-0.1, -0.05) is 0 Å². The highest BCUT2D eigenvalue weighted by molar-refractivity contribution is 4.81. The molecule has 1 fully saturated rings. The van der Waals surface area contributed by atoms with Gasteiger partial charge in [-0.2, -0.15) is 0 Å². The molecule has 1 aliphatic rings. The molecule has 1 aliphatic heterocycles. The molecule has 1 unspecified atom stereocenters. The molecule has 60 valence electrons. The summed E-state index contributed by atoms with van der Waals surface area (Å²) in [6.07, 6.45) is -5.23. The SMILES string of the molecule is OC1OC[C@H](O)[C@@H](O)[C@@H]1O. The Labute approximate surface area is 57.5 Å². The van der Waals surface area contributed by atoms with Gasteiger partial charge in [0.2, 0.25) is 0 Å². The molecule has 0 amide bonds. The maximum Gasteiger partial charge on any atom is 0.183 e. The van der Waals surface area contributed by atoms with Gasteiger partial charge < -0.3 is 25.2 Å². The van der Waals surface area contributed by atoms with Crippen LogP contribution >= 0.6 is 0 Å². The van der Waals surface area contributed by atoms with Gasteiger partial charge in [-0.3, -0.25) is 0 Å². The molecule has 1 saturated heterocycles. The average molecular weight is 150 g/mol. The predicted molar refractivity (Wildman–Crippen MR) is 30.0 cm³/mol. The van der Waals surface area contributed by atoms with Gasteiger partial charge in [0.25, 0.3) is 0 Å². The number of rotatable bonds is 0. The minimum absolute atomic E-state index is 0.153. The molecule has 1 heterocycles. The Morgan fingerprint density at radius 3 is 2.10 bits per heavy atom. The Hall–Kier alpha value is -0.200. The van der Waals surface area contributed by atoms with E-state index >= 15 is 0 Å². The molecule has 0 saturated carbocycles. The van der Waals surface area contributed by atoms with Gasteiger partial charge in [-0.15, -0.1) is 0 Å². The first-order chi connectivity index (χ1) is 4.63. The van der Waals surface area contributed by atoms with E-state index in [-0.39, 0.29) is 6.61 Å². The van der Waals surface area contributed by atoms with Crippen molar-refractivity contribution in [2.24, 2.45) is 0 Å². The zero-order chi connectivity index (χ0) is 7.72. The van der Waals surface area contributed by atoms with Crippen LogP contribution in [-0.4, -0.2) is 51.6 Å². The summed E-state index contributed by atoms with van der Waals surface area (Å²) < 4.78 is 4.47. The van der Waals surface area contributed by atoms with Gasteiger partial charge in [-0.05, 0) is 0 Å². The van der Waals surface area contributed by atoms with E-state index in [2.05, 4.69) is 4.74 Å². The molecule has 10 heavy (non-hydrogen) atoms. The summed E-state index contributed by atoms with van der Waals surface area (Å²) in [7, 11) is 0. The van der Waals surface area contributed by atoms with Crippen LogP contribution in [0, 0.1) is 0 Å². The van der Waals surface area contributed by atoms with Crippen molar-refractivity contribution < 1.29 is 25.2 Å². The van der Waals surface area contributed by atoms with Gasteiger partial charge in [0, 0.05) is 0 Å². The first-order valence-corrected chi connectivity index (χ1v) is 2.97. The van der Waals surface area contributed by atoms with E-state index in [0.717, 1.165) is 0 Å². The van der Waals surface area contributed by atoms with E-state index in [4.69, 9.17) is 20.4 Å². The highest BCUT2D eigenvalue weighted by Crippen LogP contribution is 2.12. The second kappa shape index (κ2) is 2.81. The van der Waals surface area contributed by atoms with Crippen molar-refractivity contribution >= 4 is 0 Å². The fraction of sp³-hybridized carbons (Fsp3) is 1.00. The van der Waals surface area contributed by atoms with Crippen LogP contribution in [0.3, 0.4) is 0 Å². The van der Waals surface area contributed by atoms with Crippen molar-refractivity contribution in [2.75, 3.05) is 6.61 Å². The minimum Gasteiger partial charge on any atom is -0.388 e. The smallest absolute Gasteiger partial charge is 0.183 e. The van der Waals surface area contributed by atoms with E-state index in [0.29, 0.717) is 0 Å². The van der Waals surface area contributed by atoms with Crippen LogP contribution in [-0.2, 0) is 4.74 Å². The highest BCUT2D eigenvalue weighted by atomic mass is 16.6. The summed E-state index contributed by atoms with van der Waals surface area (Å²) in [5, 5.41) is 35.3. The van der Waals surface area contributed by atoms with Crippen LogP contribution < -0.4 is 0 Å². The maximum atomic E-state index is 8.88. The second-order valence-electron chi connectivity index (χ2n) is 2.27. The third-order valence-corrected chi connectivity index (χ3v) is 1.47. The first-order valence-electron chi connectivity index (χ1n) is 2.97. The topological polar surface area (TPSA) is 90.2 Å². The monoisotopic (exact) mass is 150 g/mol. The Morgan fingerprint density at radius 2 is 1.60 bits per heavy atom. The first kappa shape index (κ1) is 7.90. The molecule has 4 atom stereocenters. The normalized spacial score (nSPS) is 49.2. The molecule has 4 N–H and O–H groups in total. The van der Waals surface area contributed by atoms with Crippen molar-refractivity contribution in [2.45, 2.75) is 24.6 Å². The van der Waals surface area contributed by atoms with Crippen LogP contribution in [0.1, 0.15) is 0 Å². The van der Waals surface area contributed by atoms with Gasteiger partial charge in [0.15, 0.2) is 6.29 Å². The maximum absolute atomic E-state index is 8.88. The Balaban J connectivity index is 2.52. The standard InChI is InChI=1S/C5H10O5/c6-2-1-10-5(9)4(8)3(2)7/h2-9H,1H2/t2-,3+,4-,5?/m0/s1. The van der Waals surface area contributed by atoms with Crippen LogP contribution in [0.15, 0.2) is 0 Å². The third kappa shape index (κ3) is 1.28. The molecule has 0 aromatic heterocycles. The third-order valence-electron chi connectivity index (χ3n) is 1.47. The lowest BCUT2D eigenvalue weighted by atomic mass is 10.1. The molecule has 1 rings (SSSR count). The van der Waals surface area contributed by atoms with Crippen molar-refractivity contribution in [3.05, 3.63) is 0 Å². The van der Waals surface area contributed by atoms with Gasteiger partial charge in [-0.25, -0.2) is 0 Å². The zero-order valence-electron chi connectivity index (χ0n) is 5.21. The Morgan fingerprint density at radius 1 is 1.00 bits per heavy atom. The quantitative estimate of drug-likeness (QED) is 0.304. The van der Waals surface area contributed by atoms with Crippen molar-refractivity contribution in [1.82, 2.24) is 0 Å². The molecule has 0 bridgehead atoms. The van der Waals surface area contributed by atoms with E-state index in [9.17, 15) is 0 Å². The largest absolute Gasteiger partial charge is 0.388 e. The van der Waals surface area contributed by atoms with E-state index < -0.39 is 24.6 Å². The molecule has 5 heteroatoms. The lowest BCUT2D eigenvalue weighted by Gasteiger charge is -2.31. The summed E-state index contributed by atoms with van der Waals surface area (Å²) in [5.41, 5.74) is 0. The fourth-order valence-corrected chi connectivity index (χ4v) is 0.791. The minimum atomic E-state index is -1.41. The lowest BCUT2D eigenvalue weighted by Crippen LogP contribution is -2.52. The van der Waals surface area contributed by atoms with E-state index in [1.807, 2.05) is 0 Å². The highest BCUT2D eigenvalue weighted by Gasteiger charge is 2.36. The number of ether oxygens (including phenoxy) is 1. The van der Waals surface area contributed by atoms with Crippen LogP contribution in [0.2, 0.25) is 0 Å². The summed E-state index contributed by atoms with van der Waals surface area (Å²) in [6, 6.07) is 0. The lowest BCUT2D eigenvalue weighted by molar-refractivity contribution is -0.252. The van der Waals surface area contributed by atoms with Crippen molar-refractivity contribution in [3.63, 3.8) is 0 Å². The zero-order valence-corrected chi connectivity index (χ0v) is 5.21. The summed E-state index contributed by atoms with van der Waals surface area (Å²) in [6.45, 7) is -0.153. The van der Waals surface area contributed by atoms with Gasteiger partial charge >= 0.3 is 0 Å². The predicted octanol–water partition coefficient (Wildman–Crippen LogP) is -2.58. The average Bonchev–Trinajstić information content (AvgIpc) is 1.93. The molecule has 0 aliphatic carbocycles. The van der Waals surface area contributed by atoms with E-state index in [1.54, 1.807) is 0 Å². The molecular formula is C5H10O5. The van der Waals surface area contributed by atoms with Crippen molar-refractivity contribution in [3.8, 4) is 0 Å². The molecule has 0 spiro atoms. The number of aliphatic hydroxyl groups is 4. The van der Waals surface area contributed by atoms with E-state index in [1.165, 1.54) is 0 Å².